The number of nitrogens with zero attached hydrogens (tertiary/aromatic N) is 1. The van der Waals surface area contributed by atoms with Gasteiger partial charge in [-0.05, 0) is 30.5 Å². The number of rotatable bonds is 4. The number of benzene rings is 1. The molecule has 0 saturated heterocycles. The highest BCUT2D eigenvalue weighted by Gasteiger charge is 2.12. The molecule has 1 aromatic carbocycles. The van der Waals surface area contributed by atoms with Crippen LogP contribution in [0.25, 0.3) is 0 Å². The van der Waals surface area contributed by atoms with Crippen molar-refractivity contribution in [2.75, 3.05) is 11.9 Å². The number of nitriles is 1. The summed E-state index contributed by atoms with van der Waals surface area (Å²) in [6.07, 6.45) is 8.11. The third-order valence-corrected chi connectivity index (χ3v) is 4.02. The van der Waals surface area contributed by atoms with Crippen LogP contribution in [0.15, 0.2) is 18.2 Å². The molecule has 1 saturated carbocycles. The highest BCUT2D eigenvalue weighted by molar-refractivity contribution is 6.33. The van der Waals surface area contributed by atoms with Gasteiger partial charge in [-0.3, -0.25) is 0 Å². The second kappa shape index (κ2) is 6.66. The molecule has 0 atom stereocenters. The predicted molar refractivity (Wildman–Crippen MR) is 75.8 cm³/mol. The molecule has 0 spiro atoms. The lowest BCUT2D eigenvalue weighted by molar-refractivity contribution is 0.345. The number of hydrogen-bond donors (Lipinski definition) is 1. The summed E-state index contributed by atoms with van der Waals surface area (Å²) in [4.78, 5) is 0. The van der Waals surface area contributed by atoms with Crippen molar-refractivity contribution in [1.82, 2.24) is 0 Å². The zero-order chi connectivity index (χ0) is 12.8. The fraction of sp³-hybridized carbons (Fsp3) is 0.533. The molecule has 1 aromatic rings. The Balaban J connectivity index is 1.84. The Bertz CT molecular complexity index is 431. The standard InChI is InChI=1S/C15H19ClN2/c16-14-7-6-13(11-17)10-15(14)18-9-8-12-4-2-1-3-5-12/h6-7,10,12,18H,1-5,8-9H2. The van der Waals surface area contributed by atoms with Gasteiger partial charge < -0.3 is 5.32 Å². The maximum atomic E-state index is 8.86. The SMILES string of the molecule is N#Cc1ccc(Cl)c(NCCC2CCCCC2)c1. The fourth-order valence-electron chi connectivity index (χ4n) is 2.62. The smallest absolute Gasteiger partial charge is 0.0992 e. The molecule has 1 N–H and O–H groups in total. The highest BCUT2D eigenvalue weighted by atomic mass is 35.5. The van der Waals surface area contributed by atoms with Crippen molar-refractivity contribution in [2.24, 2.45) is 5.92 Å². The fourth-order valence-corrected chi connectivity index (χ4v) is 2.80. The summed E-state index contributed by atoms with van der Waals surface area (Å²) in [7, 11) is 0. The first-order valence-corrected chi connectivity index (χ1v) is 7.11. The highest BCUT2D eigenvalue weighted by Crippen LogP contribution is 2.27. The van der Waals surface area contributed by atoms with Crippen LogP contribution in [0.4, 0.5) is 5.69 Å². The molecule has 0 unspecified atom stereocenters. The van der Waals surface area contributed by atoms with E-state index in [0.29, 0.717) is 10.6 Å². The van der Waals surface area contributed by atoms with Gasteiger partial charge in [0.1, 0.15) is 0 Å². The molecule has 1 fully saturated rings. The van der Waals surface area contributed by atoms with Crippen molar-refractivity contribution < 1.29 is 0 Å². The lowest BCUT2D eigenvalue weighted by Crippen LogP contribution is -2.12. The minimum Gasteiger partial charge on any atom is -0.384 e. The minimum absolute atomic E-state index is 0.652. The summed E-state index contributed by atoms with van der Waals surface area (Å²) in [6, 6.07) is 7.48. The Morgan fingerprint density at radius 2 is 2.06 bits per heavy atom. The van der Waals surface area contributed by atoms with Crippen LogP contribution < -0.4 is 5.32 Å². The Labute approximate surface area is 114 Å². The summed E-state index contributed by atoms with van der Waals surface area (Å²) in [5.41, 5.74) is 1.53. The van der Waals surface area contributed by atoms with Crippen LogP contribution in [0, 0.1) is 17.2 Å². The molecule has 0 aliphatic heterocycles. The van der Waals surface area contributed by atoms with Gasteiger partial charge in [0.25, 0.3) is 0 Å². The van der Waals surface area contributed by atoms with Crippen LogP contribution in [-0.4, -0.2) is 6.54 Å². The maximum Gasteiger partial charge on any atom is 0.0992 e. The van der Waals surface area contributed by atoms with E-state index in [1.54, 1.807) is 12.1 Å². The minimum atomic E-state index is 0.652. The van der Waals surface area contributed by atoms with Crippen molar-refractivity contribution in [2.45, 2.75) is 38.5 Å². The third-order valence-electron chi connectivity index (χ3n) is 3.69. The van der Waals surface area contributed by atoms with Gasteiger partial charge in [0, 0.05) is 6.54 Å². The Morgan fingerprint density at radius 1 is 1.28 bits per heavy atom. The Hall–Kier alpha value is -1.20. The molecule has 1 aliphatic rings. The lowest BCUT2D eigenvalue weighted by Gasteiger charge is -2.21. The number of hydrogen-bond acceptors (Lipinski definition) is 2. The van der Waals surface area contributed by atoms with Crippen LogP contribution in [-0.2, 0) is 0 Å². The van der Waals surface area contributed by atoms with Crippen LogP contribution in [0.3, 0.4) is 0 Å². The van der Waals surface area contributed by atoms with Crippen molar-refractivity contribution in [3.8, 4) is 6.07 Å². The van der Waals surface area contributed by atoms with Gasteiger partial charge >= 0.3 is 0 Å². The van der Waals surface area contributed by atoms with E-state index in [2.05, 4.69) is 11.4 Å². The van der Waals surface area contributed by atoms with Crippen molar-refractivity contribution in [3.05, 3.63) is 28.8 Å². The molecule has 0 aromatic heterocycles. The van der Waals surface area contributed by atoms with Crippen LogP contribution in [0.2, 0.25) is 5.02 Å². The van der Waals surface area contributed by atoms with Crippen LogP contribution in [0.5, 0.6) is 0 Å². The van der Waals surface area contributed by atoms with E-state index in [0.717, 1.165) is 18.2 Å². The van der Waals surface area contributed by atoms with Gasteiger partial charge in [-0.1, -0.05) is 43.7 Å². The van der Waals surface area contributed by atoms with E-state index in [9.17, 15) is 0 Å². The molecule has 1 aliphatic carbocycles. The molecular weight excluding hydrogens is 244 g/mol. The molecule has 2 nitrogen and oxygen atoms in total. The van der Waals surface area contributed by atoms with Crippen molar-refractivity contribution in [3.63, 3.8) is 0 Å². The van der Waals surface area contributed by atoms with Gasteiger partial charge in [-0.2, -0.15) is 5.26 Å². The van der Waals surface area contributed by atoms with E-state index in [1.165, 1.54) is 38.5 Å². The molecule has 2 rings (SSSR count). The number of anilines is 1. The summed E-state index contributed by atoms with van der Waals surface area (Å²) < 4.78 is 0. The van der Waals surface area contributed by atoms with Crippen LogP contribution in [0.1, 0.15) is 44.1 Å². The summed E-state index contributed by atoms with van der Waals surface area (Å²) in [5, 5.41) is 12.9. The summed E-state index contributed by atoms with van der Waals surface area (Å²) in [6.45, 7) is 0.944. The van der Waals surface area contributed by atoms with Crippen LogP contribution >= 0.6 is 11.6 Å². The van der Waals surface area contributed by atoms with Gasteiger partial charge in [-0.15, -0.1) is 0 Å². The molecule has 0 bridgehead atoms. The van der Waals surface area contributed by atoms with E-state index >= 15 is 0 Å². The molecule has 0 radical (unpaired) electrons. The second-order valence-electron chi connectivity index (χ2n) is 5.03. The number of halogens is 1. The topological polar surface area (TPSA) is 35.8 Å². The summed E-state index contributed by atoms with van der Waals surface area (Å²) >= 11 is 6.10. The second-order valence-corrected chi connectivity index (χ2v) is 5.43. The molecule has 0 heterocycles. The van der Waals surface area contributed by atoms with Crippen molar-refractivity contribution >= 4 is 17.3 Å². The van der Waals surface area contributed by atoms with E-state index in [1.807, 2.05) is 6.07 Å². The van der Waals surface area contributed by atoms with Gasteiger partial charge in [0.15, 0.2) is 0 Å². The van der Waals surface area contributed by atoms with E-state index in [4.69, 9.17) is 16.9 Å². The maximum absolute atomic E-state index is 8.86. The lowest BCUT2D eigenvalue weighted by atomic mass is 9.87. The number of nitrogens with one attached hydrogen (secondary N) is 1. The van der Waals surface area contributed by atoms with Gasteiger partial charge in [0.05, 0.1) is 22.3 Å². The molecule has 96 valence electrons. The average Bonchev–Trinajstić information content (AvgIpc) is 2.42. The monoisotopic (exact) mass is 262 g/mol. The molecule has 0 amide bonds. The molecule has 3 heteroatoms. The quantitative estimate of drug-likeness (QED) is 0.861. The zero-order valence-electron chi connectivity index (χ0n) is 10.6. The van der Waals surface area contributed by atoms with Crippen molar-refractivity contribution in [1.29, 1.82) is 5.26 Å². The first-order valence-electron chi connectivity index (χ1n) is 6.73. The zero-order valence-corrected chi connectivity index (χ0v) is 11.3. The normalized spacial score (nSPS) is 16.2. The first kappa shape index (κ1) is 13.2. The Morgan fingerprint density at radius 3 is 2.78 bits per heavy atom. The largest absolute Gasteiger partial charge is 0.384 e. The Kier molecular flexibility index (Phi) is 4.90. The average molecular weight is 263 g/mol. The van der Waals surface area contributed by atoms with Gasteiger partial charge in [0.2, 0.25) is 0 Å². The van der Waals surface area contributed by atoms with E-state index in [-0.39, 0.29) is 0 Å². The van der Waals surface area contributed by atoms with Gasteiger partial charge in [-0.25, -0.2) is 0 Å². The predicted octanol–water partition coefficient (Wildman–Crippen LogP) is 4.59. The molecule has 18 heavy (non-hydrogen) atoms. The third kappa shape index (κ3) is 3.65. The molecular formula is C15H19ClN2. The van der Waals surface area contributed by atoms with E-state index < -0.39 is 0 Å². The summed E-state index contributed by atoms with van der Waals surface area (Å²) in [5.74, 6) is 0.865. The first-order chi connectivity index (χ1) is 8.79.